The second kappa shape index (κ2) is 14.8. The smallest absolute Gasteiger partial charge is 0.303 e. The van der Waals surface area contributed by atoms with Gasteiger partial charge in [-0.2, -0.15) is 0 Å². The summed E-state index contributed by atoms with van der Waals surface area (Å²) in [5.74, 6) is -1.41. The van der Waals surface area contributed by atoms with Gasteiger partial charge in [0.1, 0.15) is 0 Å². The van der Waals surface area contributed by atoms with Crippen LogP contribution >= 0.6 is 0 Å². The Labute approximate surface area is 196 Å². The summed E-state index contributed by atoms with van der Waals surface area (Å²) in [5.41, 5.74) is 0. The first-order chi connectivity index (χ1) is 15.8. The number of likely N-dealkylation sites (tertiary alicyclic amines) is 1. The third kappa shape index (κ3) is 11.4. The fourth-order valence-corrected chi connectivity index (χ4v) is 4.15. The SMILES string of the molecule is C[15N]1CC[15N]([13CH2]C2CCC[15N]2CC(=O)N[13CH2][13CH2][13C](=O)N[13CH2][13CH2][13C](=O)N[13CH2][13CH2][13CH2][13C](=O)O)CC1. The number of hydrogen-bond donors (Lipinski definition) is 4. The molecule has 2 heterocycles. The molecule has 0 saturated carbocycles. The Morgan fingerprint density at radius 2 is 1.42 bits per heavy atom. The molecule has 1 unspecified atom stereocenters. The molecule has 11 heteroatoms. The van der Waals surface area contributed by atoms with Gasteiger partial charge in [0.25, 0.3) is 0 Å². The Kier molecular flexibility index (Phi) is 12.1. The maximum atomic E-state index is 12.3. The van der Waals surface area contributed by atoms with Gasteiger partial charge < -0.3 is 26.0 Å². The van der Waals surface area contributed by atoms with Gasteiger partial charge in [-0.05, 0) is 32.9 Å². The zero-order valence-electron chi connectivity index (χ0n) is 19.8. The van der Waals surface area contributed by atoms with Crippen LogP contribution in [0.1, 0.15) is 38.5 Å². The van der Waals surface area contributed by atoms with Crippen molar-refractivity contribution in [2.24, 2.45) is 0 Å². The van der Waals surface area contributed by atoms with E-state index in [1.54, 1.807) is 0 Å². The molecule has 1 atom stereocenters. The number of likely N-dealkylation sites (N-methyl/N-ethyl adjacent to an activating group) is 1. The topological polar surface area (TPSA) is 134 Å². The average molecular weight is 482 g/mol. The van der Waals surface area contributed by atoms with E-state index in [1.807, 2.05) is 0 Å². The molecule has 2 aliphatic heterocycles. The minimum atomic E-state index is -0.894. The van der Waals surface area contributed by atoms with Crippen molar-refractivity contribution in [1.82, 2.24) is 30.7 Å². The van der Waals surface area contributed by atoms with E-state index in [0.29, 0.717) is 25.6 Å². The molecule has 4 N–H and O–H groups in total. The Morgan fingerprint density at radius 1 is 0.818 bits per heavy atom. The number of hydrogen-bond acceptors (Lipinski definition) is 7. The van der Waals surface area contributed by atoms with Gasteiger partial charge in [-0.1, -0.05) is 0 Å². The van der Waals surface area contributed by atoms with Gasteiger partial charge >= 0.3 is 5.97 Å². The van der Waals surface area contributed by atoms with E-state index in [-0.39, 0.29) is 50.1 Å². The third-order valence-electron chi connectivity index (χ3n) is 6.15. The lowest BCUT2D eigenvalue weighted by Gasteiger charge is -2.36. The van der Waals surface area contributed by atoms with Crippen molar-refractivity contribution >= 4 is 23.7 Å². The molecular formula is C22H40N6O5. The molecular weight excluding hydrogens is 442 g/mol. The number of piperazine rings is 1. The van der Waals surface area contributed by atoms with Crippen molar-refractivity contribution in [3.05, 3.63) is 0 Å². The van der Waals surface area contributed by atoms with Crippen molar-refractivity contribution in [3.63, 3.8) is 0 Å². The predicted octanol–water partition coefficient (Wildman–Crippen LogP) is -1.31. The summed E-state index contributed by atoms with van der Waals surface area (Å²) in [6, 6.07) is 0.415. The number of carboxylic acids is 1. The van der Waals surface area contributed by atoms with Crippen LogP contribution in [0.4, 0.5) is 0 Å². The number of carbonyl (C=O) groups is 4. The van der Waals surface area contributed by atoms with Crippen LogP contribution in [0.3, 0.4) is 0 Å². The number of nitrogens with one attached hydrogen (secondary N) is 3. The van der Waals surface area contributed by atoms with E-state index >= 15 is 0 Å². The van der Waals surface area contributed by atoms with Crippen LogP contribution in [0.25, 0.3) is 0 Å². The highest BCUT2D eigenvalue weighted by molar-refractivity contribution is 5.81. The minimum Gasteiger partial charge on any atom is -0.481 e. The van der Waals surface area contributed by atoms with Crippen LogP contribution in [-0.4, -0.2) is 122 Å². The summed E-state index contributed by atoms with van der Waals surface area (Å²) in [6.07, 6.45) is 2.92. The van der Waals surface area contributed by atoms with Gasteiger partial charge in [0.05, 0.1) is 6.54 Å². The van der Waals surface area contributed by atoms with Gasteiger partial charge in [-0.25, -0.2) is 0 Å². The van der Waals surface area contributed by atoms with Crippen LogP contribution in [0.2, 0.25) is 0 Å². The number of rotatable bonds is 14. The molecule has 0 aromatic rings. The Hall–Kier alpha value is -2.24. The highest BCUT2D eigenvalue weighted by Gasteiger charge is 2.28. The van der Waals surface area contributed by atoms with Crippen LogP contribution < -0.4 is 16.0 Å². The average Bonchev–Trinajstić information content (AvgIpc) is 3.19. The van der Waals surface area contributed by atoms with E-state index in [0.717, 1.165) is 52.1 Å². The monoisotopic (exact) mass is 482 g/mol. The summed E-state index contributed by atoms with van der Waals surface area (Å²) in [7, 11) is 2.15. The van der Waals surface area contributed by atoms with E-state index in [1.165, 1.54) is 0 Å². The predicted molar refractivity (Wildman–Crippen MR) is 124 cm³/mol. The molecule has 0 aromatic carbocycles. The number of carboxylic acid groups (broad SMARTS) is 1. The first-order valence-corrected chi connectivity index (χ1v) is 12.0. The quantitative estimate of drug-likeness (QED) is 0.136. The van der Waals surface area contributed by atoms with Gasteiger partial charge in [0.2, 0.25) is 17.7 Å². The summed E-state index contributed by atoms with van der Waals surface area (Å²) < 4.78 is 0. The molecule has 2 rings (SSSR count). The van der Waals surface area contributed by atoms with E-state index in [2.05, 4.69) is 37.7 Å². The fourth-order valence-electron chi connectivity index (χ4n) is 4.15. The van der Waals surface area contributed by atoms with Crippen molar-refractivity contribution in [2.75, 3.05) is 72.5 Å². The van der Waals surface area contributed by atoms with Gasteiger partial charge in [0, 0.05) is 77.7 Å². The molecule has 0 aliphatic carbocycles. The van der Waals surface area contributed by atoms with Crippen molar-refractivity contribution in [2.45, 2.75) is 44.6 Å². The molecule has 2 aliphatic rings. The molecule has 3 amide bonds. The number of carbonyl (C=O) groups excluding carboxylic acids is 3. The normalized spacial score (nSPS) is 19.8. The Bertz CT molecular complexity index is 653. The standard InChI is InChI=1S/C22H40N6O5/c1-26-12-14-27(15-13-26)16-18-4-3-11-28(18)17-21(31)25-10-7-20(30)24-9-6-19(29)23-8-2-5-22(32)33/h18H,2-17H2,1H3,(H,23,29)(H,24,30)(H,25,31)(H,32,33)/i2+1,5+1,6+1,7+1,8+1,9+1,10+1,16+1,19+1,20+1,22+1,26+1,27+1,28+1. The van der Waals surface area contributed by atoms with Crippen LogP contribution in [-0.2, 0) is 19.2 Å². The molecule has 2 saturated heterocycles. The van der Waals surface area contributed by atoms with Crippen molar-refractivity contribution in [3.8, 4) is 0 Å². The van der Waals surface area contributed by atoms with Crippen LogP contribution in [0, 0.1) is 0 Å². The highest BCUT2D eigenvalue weighted by Crippen LogP contribution is 2.18. The maximum Gasteiger partial charge on any atom is 0.303 e. The molecule has 0 aromatic heterocycles. The Balaban J connectivity index is 1.52. The summed E-state index contributed by atoms with van der Waals surface area (Å²) >= 11 is 0. The molecule has 2 fully saturated rings. The van der Waals surface area contributed by atoms with Crippen molar-refractivity contribution in [1.29, 1.82) is 0 Å². The van der Waals surface area contributed by atoms with E-state index in [4.69, 9.17) is 5.11 Å². The van der Waals surface area contributed by atoms with Gasteiger partial charge in [-0.15, -0.1) is 0 Å². The lowest BCUT2D eigenvalue weighted by atomic mass is 10.3. The van der Waals surface area contributed by atoms with Crippen LogP contribution in [0.15, 0.2) is 0 Å². The first-order valence-electron chi connectivity index (χ1n) is 12.0. The molecule has 0 bridgehead atoms. The van der Waals surface area contributed by atoms with Gasteiger partial charge in [0.15, 0.2) is 0 Å². The molecule has 0 spiro atoms. The molecule has 188 valence electrons. The molecule has 33 heavy (non-hydrogen) atoms. The highest BCUT2D eigenvalue weighted by atomic mass is 16.5. The number of nitrogens with zero attached hydrogens (tertiary/aromatic N) is 3. The minimum absolute atomic E-state index is 0.0113. The third-order valence-corrected chi connectivity index (χ3v) is 6.15. The molecule has 11 nitrogen and oxygen atoms in total. The summed E-state index contributed by atoms with van der Waals surface area (Å²) in [4.78, 5) is 53.4. The summed E-state index contributed by atoms with van der Waals surface area (Å²) in [6.45, 7) is 7.42. The second-order valence-electron chi connectivity index (χ2n) is 8.92. The van der Waals surface area contributed by atoms with Crippen molar-refractivity contribution < 1.29 is 24.3 Å². The first kappa shape index (κ1) is 27.0. The zero-order chi connectivity index (χ0) is 24.1. The largest absolute Gasteiger partial charge is 0.481 e. The van der Waals surface area contributed by atoms with Crippen LogP contribution in [0.5, 0.6) is 0 Å². The number of aliphatic carboxylic acids is 1. The van der Waals surface area contributed by atoms with Gasteiger partial charge in [-0.3, -0.25) is 29.0 Å². The second-order valence-corrected chi connectivity index (χ2v) is 8.92. The summed E-state index contributed by atoms with van der Waals surface area (Å²) in [5, 5.41) is 16.6. The van der Waals surface area contributed by atoms with E-state index in [9.17, 15) is 19.2 Å². The van der Waals surface area contributed by atoms with E-state index < -0.39 is 5.97 Å². The lowest BCUT2D eigenvalue weighted by molar-refractivity contribution is -0.137. The lowest BCUT2D eigenvalue weighted by Crippen LogP contribution is -2.50. The fraction of sp³-hybridized carbons (Fsp3) is 0.818. The number of amides is 3. The molecule has 0 radical (unpaired) electrons. The zero-order valence-corrected chi connectivity index (χ0v) is 19.8. The maximum absolute atomic E-state index is 12.3. The Morgan fingerprint density at radius 3 is 2.06 bits per heavy atom.